The number of alkyl halides is 3. The number of carbonyl (C=O) groups excluding carboxylic acids is 3. The molecule has 0 aliphatic carbocycles. The second-order valence-corrected chi connectivity index (χ2v) is 20.1. The van der Waals surface area contributed by atoms with Crippen LogP contribution in [-0.4, -0.2) is 109 Å². The van der Waals surface area contributed by atoms with Gasteiger partial charge >= 0.3 is 6.18 Å². The molecule has 388 valence electrons. The number of amides is 3. The SMILES string of the molecule is Cc1ncsc1-c1ccc([C@H](C)NC(=O)[C@@H]2C[C@@H](O)CN2C(=O)C(C(C)C)n2cc(OCCCOCCC(O)CCOc3ccc(N4C(=S)N(c5ccc(C#N)c(C(F)(F)F)c5)C(=O)C4(C)C)cc3)cn2)cc1. The molecule has 5 atom stereocenters. The molecule has 4 heterocycles. The van der Waals surface area contributed by atoms with Gasteiger partial charge in [-0.15, -0.1) is 11.3 Å². The molecule has 3 aromatic carbocycles. The van der Waals surface area contributed by atoms with Crippen LogP contribution in [0.5, 0.6) is 11.5 Å². The van der Waals surface area contributed by atoms with Gasteiger partial charge in [0, 0.05) is 44.7 Å². The van der Waals surface area contributed by atoms with Gasteiger partial charge in [0.2, 0.25) is 11.8 Å². The maximum atomic E-state index is 14.1. The molecule has 21 heteroatoms. The molecular weight excluding hydrogens is 986 g/mol. The van der Waals surface area contributed by atoms with Gasteiger partial charge < -0.3 is 39.5 Å². The molecule has 0 bridgehead atoms. The van der Waals surface area contributed by atoms with Crippen molar-refractivity contribution in [3.63, 3.8) is 0 Å². The van der Waals surface area contributed by atoms with E-state index in [0.29, 0.717) is 56.3 Å². The number of thiocarbonyl (C=S) groups is 1. The van der Waals surface area contributed by atoms with Crippen molar-refractivity contribution in [1.29, 1.82) is 5.26 Å². The Morgan fingerprint density at radius 2 is 1.67 bits per heavy atom. The average molecular weight is 1050 g/mol. The summed E-state index contributed by atoms with van der Waals surface area (Å²) in [6.45, 7) is 12.1. The molecule has 3 amide bonds. The monoisotopic (exact) mass is 1040 g/mol. The Labute approximate surface area is 431 Å². The van der Waals surface area contributed by atoms with E-state index in [1.165, 1.54) is 17.2 Å². The second kappa shape index (κ2) is 23.2. The molecule has 0 saturated carbocycles. The number of benzene rings is 3. The van der Waals surface area contributed by atoms with Gasteiger partial charge in [-0.1, -0.05) is 38.1 Å². The molecule has 2 aliphatic heterocycles. The highest BCUT2D eigenvalue weighted by Gasteiger charge is 2.51. The van der Waals surface area contributed by atoms with Gasteiger partial charge in [0.1, 0.15) is 23.4 Å². The Kier molecular flexibility index (Phi) is 17.3. The number of thiazole rings is 1. The zero-order valence-electron chi connectivity index (χ0n) is 41.3. The molecule has 16 nitrogen and oxygen atoms in total. The van der Waals surface area contributed by atoms with Gasteiger partial charge in [0.05, 0.1) is 82.8 Å². The fourth-order valence-corrected chi connectivity index (χ4v) is 10.2. The number of likely N-dealkylation sites (tertiary alicyclic amines) is 1. The largest absolute Gasteiger partial charge is 0.493 e. The number of aryl methyl sites for hydroxylation is 1. The minimum atomic E-state index is -4.81. The number of halogens is 3. The van der Waals surface area contributed by atoms with E-state index in [0.717, 1.165) is 38.7 Å². The van der Waals surface area contributed by atoms with E-state index in [2.05, 4.69) is 15.4 Å². The Bertz CT molecular complexity index is 2800. The topological polar surface area (TPSA) is 196 Å². The summed E-state index contributed by atoms with van der Waals surface area (Å²) in [4.78, 5) is 50.8. The van der Waals surface area contributed by atoms with Crippen LogP contribution < -0.4 is 24.6 Å². The normalized spacial score (nSPS) is 18.0. The van der Waals surface area contributed by atoms with E-state index < -0.39 is 53.0 Å². The van der Waals surface area contributed by atoms with Crippen molar-refractivity contribution in [1.82, 2.24) is 25.0 Å². The van der Waals surface area contributed by atoms with E-state index in [1.807, 2.05) is 57.5 Å². The summed E-state index contributed by atoms with van der Waals surface area (Å²) in [5, 5.41) is 37.9. The van der Waals surface area contributed by atoms with Crippen LogP contribution in [0.3, 0.4) is 0 Å². The zero-order valence-corrected chi connectivity index (χ0v) is 43.0. The first-order valence-corrected chi connectivity index (χ1v) is 25.2. The number of carbonyl (C=O) groups is 3. The zero-order chi connectivity index (χ0) is 52.8. The molecule has 5 aromatic rings. The van der Waals surface area contributed by atoms with E-state index in [4.69, 9.17) is 26.4 Å². The van der Waals surface area contributed by atoms with Gasteiger partial charge in [0.15, 0.2) is 10.9 Å². The summed E-state index contributed by atoms with van der Waals surface area (Å²) in [6.07, 6.45) is -1.82. The van der Waals surface area contributed by atoms with Crippen LogP contribution in [0.2, 0.25) is 0 Å². The summed E-state index contributed by atoms with van der Waals surface area (Å²) in [5.41, 5.74) is 2.16. The lowest BCUT2D eigenvalue weighted by molar-refractivity contribution is -0.142. The first-order valence-electron chi connectivity index (χ1n) is 23.9. The summed E-state index contributed by atoms with van der Waals surface area (Å²) in [7, 11) is 0. The van der Waals surface area contributed by atoms with Gasteiger partial charge in [0.25, 0.3) is 5.91 Å². The minimum Gasteiger partial charge on any atom is -0.493 e. The van der Waals surface area contributed by atoms with Crippen molar-refractivity contribution >= 4 is 57.8 Å². The molecule has 0 radical (unpaired) electrons. The lowest BCUT2D eigenvalue weighted by Crippen LogP contribution is -2.49. The fourth-order valence-electron chi connectivity index (χ4n) is 8.90. The number of nitriles is 1. The van der Waals surface area contributed by atoms with Crippen molar-refractivity contribution in [2.75, 3.05) is 42.8 Å². The number of nitrogens with one attached hydrogen (secondary N) is 1. The number of aromatic nitrogens is 3. The molecule has 2 aromatic heterocycles. The number of rotatable bonds is 21. The maximum absolute atomic E-state index is 14.1. The van der Waals surface area contributed by atoms with Crippen LogP contribution in [-0.2, 0) is 25.3 Å². The van der Waals surface area contributed by atoms with Gasteiger partial charge in [-0.25, -0.2) is 4.98 Å². The third-order valence-corrected chi connectivity index (χ3v) is 14.2. The summed E-state index contributed by atoms with van der Waals surface area (Å²) >= 11 is 7.19. The molecule has 7 rings (SSSR count). The Hall–Kier alpha value is -6.44. The number of β-amino-alcohol motifs (C(OH)–C–C–N with tert-alkyl or cyclic N) is 1. The molecule has 3 N–H and O–H groups in total. The first-order chi connectivity index (χ1) is 34.7. The van der Waals surface area contributed by atoms with Crippen LogP contribution in [0.1, 0.15) is 94.8 Å². The third-order valence-electron chi connectivity index (χ3n) is 12.9. The molecule has 2 aliphatic rings. The molecule has 0 spiro atoms. The van der Waals surface area contributed by atoms with Crippen molar-refractivity contribution in [3.05, 3.63) is 107 Å². The number of aliphatic hydroxyl groups excluding tert-OH is 2. The van der Waals surface area contributed by atoms with Gasteiger partial charge in [-0.2, -0.15) is 23.5 Å². The van der Waals surface area contributed by atoms with E-state index in [1.54, 1.807) is 71.3 Å². The van der Waals surface area contributed by atoms with Crippen molar-refractivity contribution in [2.45, 2.75) is 109 Å². The van der Waals surface area contributed by atoms with Gasteiger partial charge in [-0.3, -0.25) is 24.0 Å². The number of nitrogens with zero attached hydrogens (tertiary/aromatic N) is 7. The van der Waals surface area contributed by atoms with Crippen molar-refractivity contribution in [3.8, 4) is 28.0 Å². The van der Waals surface area contributed by atoms with E-state index >= 15 is 0 Å². The van der Waals surface area contributed by atoms with Crippen molar-refractivity contribution < 1.29 is 52.0 Å². The minimum absolute atomic E-state index is 0.0244. The van der Waals surface area contributed by atoms with Crippen LogP contribution in [0.25, 0.3) is 10.4 Å². The van der Waals surface area contributed by atoms with Crippen LogP contribution in [0.4, 0.5) is 24.5 Å². The summed E-state index contributed by atoms with van der Waals surface area (Å²) < 4.78 is 60.2. The molecule has 2 fully saturated rings. The number of ether oxygens (including phenoxy) is 3. The standard InChI is InChI=1S/C52H59F3N8O8S2/c1-31(2)45(48(67)60-28-40(65)25-44(60)47(66)59-32(3)34-8-10-35(11-9-34)46-33(4)57-30-73-46)61-29-42(27-58-61)70-21-7-20-69-22-18-39(64)19-23-71-41-16-14-37(15-17-41)63-50(72)62(49(68)51(63,5)6)38-13-12-36(26-56)43(24-38)52(53,54)55/h8-17,24,27,29-32,39-40,44-45,64-65H,7,18-23,25,28H2,1-6H3,(H,59,66)/t32-,39?,40+,44-,45?/m0/s1. The predicted octanol–water partition coefficient (Wildman–Crippen LogP) is 8.16. The maximum Gasteiger partial charge on any atom is 0.417 e. The molecule has 2 unspecified atom stereocenters. The van der Waals surface area contributed by atoms with Gasteiger partial charge in [-0.05, 0) is 106 Å². The summed E-state index contributed by atoms with van der Waals surface area (Å²) in [6, 6.07) is 17.3. The summed E-state index contributed by atoms with van der Waals surface area (Å²) in [5.74, 6) is -0.454. The second-order valence-electron chi connectivity index (χ2n) is 18.9. The van der Waals surface area contributed by atoms with E-state index in [-0.39, 0.29) is 54.1 Å². The lowest BCUT2D eigenvalue weighted by atomic mass is 10.0. The van der Waals surface area contributed by atoms with Crippen LogP contribution >= 0.6 is 23.6 Å². The number of anilines is 2. The van der Waals surface area contributed by atoms with E-state index in [9.17, 15) is 43.0 Å². The number of hydrogen-bond donors (Lipinski definition) is 3. The smallest absolute Gasteiger partial charge is 0.417 e. The third kappa shape index (κ3) is 12.5. The molecular formula is C52H59F3N8O8S2. The fraction of sp³-hybridized carbons (Fsp3) is 0.442. The predicted molar refractivity (Wildman–Crippen MR) is 272 cm³/mol. The molecule has 73 heavy (non-hydrogen) atoms. The van der Waals surface area contributed by atoms with Crippen molar-refractivity contribution in [2.24, 2.45) is 5.92 Å². The Morgan fingerprint density at radius 3 is 2.33 bits per heavy atom. The number of aliphatic hydroxyl groups is 2. The lowest BCUT2D eigenvalue weighted by Gasteiger charge is -2.30. The highest BCUT2D eigenvalue weighted by molar-refractivity contribution is 7.81. The highest BCUT2D eigenvalue weighted by Crippen LogP contribution is 2.40. The molecule has 2 saturated heterocycles. The quantitative estimate of drug-likeness (QED) is 0.0471. The number of hydrogen-bond acceptors (Lipinski definition) is 13. The Morgan fingerprint density at radius 1 is 0.986 bits per heavy atom. The Balaban J connectivity index is 0.809. The first kappa shape index (κ1) is 54.3. The van der Waals surface area contributed by atoms with Crippen LogP contribution in [0.15, 0.2) is 84.6 Å². The average Bonchev–Trinajstić information content (AvgIpc) is 4.13. The highest BCUT2D eigenvalue weighted by atomic mass is 32.1. The van der Waals surface area contributed by atoms with Crippen LogP contribution in [0, 0.1) is 24.2 Å².